The molecule has 3 aromatic rings. The van der Waals surface area contributed by atoms with E-state index in [2.05, 4.69) is 22.6 Å². The number of carbonyl (C=O) groups is 1. The first-order valence-electron chi connectivity index (χ1n) is 10.8. The highest BCUT2D eigenvalue weighted by Crippen LogP contribution is 2.45. The SMILES string of the molecule is O=C1c2ccc(OC3CCCCO3)cc2OC(c2ccc(I)cc2)C1c1cc(F)cc(F)c1. The Bertz CT molecular complexity index is 1160. The van der Waals surface area contributed by atoms with E-state index in [-0.39, 0.29) is 17.6 Å². The highest BCUT2D eigenvalue weighted by molar-refractivity contribution is 14.1. The van der Waals surface area contributed by atoms with Crippen molar-refractivity contribution in [2.45, 2.75) is 37.6 Å². The molecule has 3 aromatic carbocycles. The maximum Gasteiger partial charge on any atom is 0.199 e. The Labute approximate surface area is 204 Å². The monoisotopic (exact) mass is 562 g/mol. The molecule has 2 aliphatic rings. The lowest BCUT2D eigenvalue weighted by atomic mass is 9.81. The standard InChI is InChI=1S/C26H21F2IO4/c27-17-11-16(12-18(28)13-17)24-25(30)21-9-8-20(32-23-3-1-2-10-31-23)14-22(21)33-26(24)15-4-6-19(29)7-5-15/h4-9,11-14,23-24,26H,1-3,10H2. The van der Waals surface area contributed by atoms with Crippen LogP contribution in [0.3, 0.4) is 0 Å². The smallest absolute Gasteiger partial charge is 0.199 e. The molecule has 33 heavy (non-hydrogen) atoms. The largest absolute Gasteiger partial charge is 0.484 e. The summed E-state index contributed by atoms with van der Waals surface area (Å²) >= 11 is 2.19. The quantitative estimate of drug-likeness (QED) is 0.338. The molecule has 2 heterocycles. The van der Waals surface area contributed by atoms with Crippen molar-refractivity contribution in [3.05, 3.63) is 92.6 Å². The van der Waals surface area contributed by atoms with E-state index in [1.807, 2.05) is 24.3 Å². The van der Waals surface area contributed by atoms with E-state index in [9.17, 15) is 13.6 Å². The Morgan fingerprint density at radius 3 is 2.36 bits per heavy atom. The lowest BCUT2D eigenvalue weighted by molar-refractivity contribution is -0.106. The summed E-state index contributed by atoms with van der Waals surface area (Å²) in [7, 11) is 0. The molecule has 5 rings (SSSR count). The van der Waals surface area contributed by atoms with Gasteiger partial charge in [-0.3, -0.25) is 4.79 Å². The van der Waals surface area contributed by atoms with Crippen molar-refractivity contribution in [3.8, 4) is 11.5 Å². The summed E-state index contributed by atoms with van der Waals surface area (Å²) in [4.78, 5) is 13.6. The molecular formula is C26H21F2IO4. The molecule has 1 fully saturated rings. The average Bonchev–Trinajstić information content (AvgIpc) is 2.79. The van der Waals surface area contributed by atoms with Crippen molar-refractivity contribution in [2.75, 3.05) is 6.61 Å². The lowest BCUT2D eigenvalue weighted by Gasteiger charge is -2.33. The van der Waals surface area contributed by atoms with E-state index in [0.717, 1.165) is 34.5 Å². The highest BCUT2D eigenvalue weighted by atomic mass is 127. The molecule has 2 aliphatic heterocycles. The molecule has 0 saturated carbocycles. The third-order valence-electron chi connectivity index (χ3n) is 5.91. The zero-order valence-corrected chi connectivity index (χ0v) is 19.8. The average molecular weight is 562 g/mol. The van der Waals surface area contributed by atoms with Gasteiger partial charge in [-0.2, -0.15) is 0 Å². The normalized spacial score (nSPS) is 22.4. The van der Waals surface area contributed by atoms with Crippen molar-refractivity contribution in [2.24, 2.45) is 0 Å². The topological polar surface area (TPSA) is 44.8 Å². The summed E-state index contributed by atoms with van der Waals surface area (Å²) in [6.07, 6.45) is 1.78. The van der Waals surface area contributed by atoms with Crippen molar-refractivity contribution in [3.63, 3.8) is 0 Å². The first-order chi connectivity index (χ1) is 16.0. The van der Waals surface area contributed by atoms with E-state index in [1.54, 1.807) is 18.2 Å². The minimum absolute atomic E-state index is 0.239. The number of rotatable bonds is 4. The summed E-state index contributed by atoms with van der Waals surface area (Å²) in [5.41, 5.74) is 1.33. The molecule has 0 radical (unpaired) electrons. The van der Waals surface area contributed by atoms with Crippen LogP contribution >= 0.6 is 22.6 Å². The number of hydrogen-bond donors (Lipinski definition) is 0. The summed E-state index contributed by atoms with van der Waals surface area (Å²) in [6, 6.07) is 15.7. The predicted molar refractivity (Wildman–Crippen MR) is 127 cm³/mol. The van der Waals surface area contributed by atoms with Crippen LogP contribution in [0.5, 0.6) is 11.5 Å². The Balaban J connectivity index is 1.54. The molecule has 0 spiro atoms. The number of carbonyl (C=O) groups excluding carboxylic acids is 1. The van der Waals surface area contributed by atoms with Gasteiger partial charge in [-0.15, -0.1) is 0 Å². The van der Waals surface area contributed by atoms with Crippen molar-refractivity contribution in [1.29, 1.82) is 0 Å². The number of hydrogen-bond acceptors (Lipinski definition) is 4. The van der Waals surface area contributed by atoms with Gasteiger partial charge in [0.05, 0.1) is 18.1 Å². The predicted octanol–water partition coefficient (Wildman–Crippen LogP) is 6.58. The Kier molecular flexibility index (Phi) is 6.34. The summed E-state index contributed by atoms with van der Waals surface area (Å²) in [6.45, 7) is 0.658. The fourth-order valence-corrected chi connectivity index (χ4v) is 4.70. The van der Waals surface area contributed by atoms with Gasteiger partial charge in [0.15, 0.2) is 12.1 Å². The van der Waals surface area contributed by atoms with Crippen LogP contribution in [-0.4, -0.2) is 18.7 Å². The molecule has 3 atom stereocenters. The maximum atomic E-state index is 14.0. The number of ketones is 1. The molecule has 7 heteroatoms. The van der Waals surface area contributed by atoms with Gasteiger partial charge in [0.25, 0.3) is 0 Å². The van der Waals surface area contributed by atoms with Gasteiger partial charge in [-0.05, 0) is 83.0 Å². The van der Waals surface area contributed by atoms with Crippen LogP contribution in [0.4, 0.5) is 8.78 Å². The van der Waals surface area contributed by atoms with Crippen LogP contribution in [-0.2, 0) is 4.74 Å². The summed E-state index contributed by atoms with van der Waals surface area (Å²) in [5.74, 6) is -1.70. The fraction of sp³-hybridized carbons (Fsp3) is 0.269. The second-order valence-corrected chi connectivity index (χ2v) is 9.45. The van der Waals surface area contributed by atoms with E-state index in [4.69, 9.17) is 14.2 Å². The highest BCUT2D eigenvalue weighted by Gasteiger charge is 2.40. The molecule has 3 unspecified atom stereocenters. The van der Waals surface area contributed by atoms with Crippen LogP contribution in [0.2, 0.25) is 0 Å². The van der Waals surface area contributed by atoms with Crippen LogP contribution in [0.1, 0.15) is 52.8 Å². The first kappa shape index (κ1) is 22.3. The van der Waals surface area contributed by atoms with Gasteiger partial charge in [0, 0.05) is 22.1 Å². The second-order valence-electron chi connectivity index (χ2n) is 8.21. The van der Waals surface area contributed by atoms with Gasteiger partial charge in [0.2, 0.25) is 0 Å². The molecular weight excluding hydrogens is 541 g/mol. The zero-order chi connectivity index (χ0) is 22.9. The van der Waals surface area contributed by atoms with E-state index < -0.39 is 23.7 Å². The van der Waals surface area contributed by atoms with Crippen LogP contribution in [0, 0.1) is 15.2 Å². The fourth-order valence-electron chi connectivity index (χ4n) is 4.34. The van der Waals surface area contributed by atoms with Crippen LogP contribution < -0.4 is 9.47 Å². The van der Waals surface area contributed by atoms with Gasteiger partial charge < -0.3 is 14.2 Å². The number of ether oxygens (including phenoxy) is 3. The lowest BCUT2D eigenvalue weighted by Crippen LogP contribution is -2.30. The number of fused-ring (bicyclic) bond motifs is 1. The van der Waals surface area contributed by atoms with Crippen molar-refractivity contribution >= 4 is 28.4 Å². The van der Waals surface area contributed by atoms with Crippen molar-refractivity contribution < 1.29 is 27.8 Å². The van der Waals surface area contributed by atoms with Gasteiger partial charge in [0.1, 0.15) is 29.2 Å². The molecule has 0 aromatic heterocycles. The molecule has 0 aliphatic carbocycles. The van der Waals surface area contributed by atoms with Crippen LogP contribution in [0.15, 0.2) is 60.7 Å². The Hall–Kier alpha value is -2.52. The molecule has 170 valence electrons. The van der Waals surface area contributed by atoms with Gasteiger partial charge in [-0.25, -0.2) is 8.78 Å². The number of Topliss-reactive ketones (excluding diaryl/α,β-unsaturated/α-hetero) is 1. The van der Waals surface area contributed by atoms with Crippen molar-refractivity contribution in [1.82, 2.24) is 0 Å². The van der Waals surface area contributed by atoms with Gasteiger partial charge >= 0.3 is 0 Å². The minimum Gasteiger partial charge on any atom is -0.484 e. The summed E-state index contributed by atoms with van der Waals surface area (Å²) in [5, 5.41) is 0. The number of benzene rings is 3. The molecule has 4 nitrogen and oxygen atoms in total. The van der Waals surface area contributed by atoms with Crippen LogP contribution in [0.25, 0.3) is 0 Å². The first-order valence-corrected chi connectivity index (χ1v) is 11.9. The third-order valence-corrected chi connectivity index (χ3v) is 6.62. The third kappa shape index (κ3) is 4.75. The Morgan fingerprint density at radius 1 is 0.909 bits per heavy atom. The summed E-state index contributed by atoms with van der Waals surface area (Å²) < 4.78 is 47.0. The van der Waals surface area contributed by atoms with E-state index in [0.29, 0.717) is 23.7 Å². The zero-order valence-electron chi connectivity index (χ0n) is 17.6. The molecule has 1 saturated heterocycles. The maximum absolute atomic E-state index is 14.0. The van der Waals surface area contributed by atoms with Gasteiger partial charge in [-0.1, -0.05) is 12.1 Å². The van der Waals surface area contributed by atoms with E-state index in [1.165, 1.54) is 12.1 Å². The molecule has 0 N–H and O–H groups in total. The second kappa shape index (κ2) is 9.38. The Morgan fingerprint density at radius 2 is 1.67 bits per heavy atom. The van der Waals surface area contributed by atoms with E-state index >= 15 is 0 Å². The molecule has 0 amide bonds. The molecule has 0 bridgehead atoms. The number of halogens is 3. The minimum atomic E-state index is -0.892.